The molecule has 0 aliphatic carbocycles. The summed E-state index contributed by atoms with van der Waals surface area (Å²) in [5, 5.41) is 10.4. The van der Waals surface area contributed by atoms with Crippen LogP contribution in [0.3, 0.4) is 0 Å². The van der Waals surface area contributed by atoms with Crippen molar-refractivity contribution >= 4 is 11.6 Å². The molecule has 1 N–H and O–H groups in total. The van der Waals surface area contributed by atoms with Crippen molar-refractivity contribution in [3.63, 3.8) is 0 Å². The molecule has 2 aromatic rings. The van der Waals surface area contributed by atoms with Crippen LogP contribution in [0.1, 0.15) is 17.5 Å². The van der Waals surface area contributed by atoms with Gasteiger partial charge in [-0.3, -0.25) is 0 Å². The van der Waals surface area contributed by atoms with Gasteiger partial charge in [0.2, 0.25) is 0 Å². The summed E-state index contributed by atoms with van der Waals surface area (Å²) >= 11 is 5.74. The number of pyridine rings is 1. The number of rotatable bonds is 2. The molecule has 0 radical (unpaired) electrons. The van der Waals surface area contributed by atoms with Crippen LogP contribution in [-0.4, -0.2) is 19.6 Å². The van der Waals surface area contributed by atoms with Crippen molar-refractivity contribution in [3.8, 4) is 0 Å². The van der Waals surface area contributed by atoms with Gasteiger partial charge in [0.25, 0.3) is 0 Å². The number of aliphatic hydroxyl groups excluding tert-OH is 1. The van der Waals surface area contributed by atoms with Crippen LogP contribution in [0, 0.1) is 0 Å². The molecule has 78 valence electrons. The highest BCUT2D eigenvalue weighted by molar-refractivity contribution is 6.29. The van der Waals surface area contributed by atoms with Crippen molar-refractivity contribution in [2.75, 3.05) is 0 Å². The van der Waals surface area contributed by atoms with Crippen LogP contribution in [0.4, 0.5) is 0 Å². The first-order valence-electron chi connectivity index (χ1n) is 4.45. The fourth-order valence-corrected chi connectivity index (χ4v) is 1.56. The Kier molecular flexibility index (Phi) is 2.70. The van der Waals surface area contributed by atoms with E-state index in [2.05, 4.69) is 9.97 Å². The van der Waals surface area contributed by atoms with Gasteiger partial charge in [-0.25, -0.2) is 9.97 Å². The molecule has 4 nitrogen and oxygen atoms in total. The van der Waals surface area contributed by atoms with Crippen molar-refractivity contribution in [1.82, 2.24) is 14.5 Å². The van der Waals surface area contributed by atoms with Crippen LogP contribution in [-0.2, 0) is 7.05 Å². The first kappa shape index (κ1) is 10.1. The Balaban J connectivity index is 2.36. The molecule has 0 spiro atoms. The van der Waals surface area contributed by atoms with Gasteiger partial charge >= 0.3 is 0 Å². The summed E-state index contributed by atoms with van der Waals surface area (Å²) < 4.78 is 1.76. The van der Waals surface area contributed by atoms with E-state index in [0.29, 0.717) is 16.5 Å². The molecule has 1 atom stereocenters. The van der Waals surface area contributed by atoms with Crippen molar-refractivity contribution in [3.05, 3.63) is 47.3 Å². The highest BCUT2D eigenvalue weighted by atomic mass is 35.5. The molecule has 0 aliphatic heterocycles. The topological polar surface area (TPSA) is 50.9 Å². The van der Waals surface area contributed by atoms with Crippen molar-refractivity contribution < 1.29 is 5.11 Å². The number of hydrogen-bond acceptors (Lipinski definition) is 3. The highest BCUT2D eigenvalue weighted by Crippen LogP contribution is 2.21. The van der Waals surface area contributed by atoms with Crippen LogP contribution in [0.25, 0.3) is 0 Å². The maximum atomic E-state index is 10.0. The van der Waals surface area contributed by atoms with E-state index < -0.39 is 6.10 Å². The van der Waals surface area contributed by atoms with Crippen LogP contribution >= 0.6 is 11.6 Å². The van der Waals surface area contributed by atoms with Gasteiger partial charge in [0.05, 0.1) is 0 Å². The van der Waals surface area contributed by atoms with E-state index >= 15 is 0 Å². The number of halogens is 1. The largest absolute Gasteiger partial charge is 0.380 e. The van der Waals surface area contributed by atoms with Crippen LogP contribution < -0.4 is 0 Å². The average Bonchev–Trinajstić information content (AvgIpc) is 2.63. The van der Waals surface area contributed by atoms with E-state index in [1.807, 2.05) is 7.05 Å². The van der Waals surface area contributed by atoms with Crippen molar-refractivity contribution in [1.29, 1.82) is 0 Å². The molecule has 2 aromatic heterocycles. The van der Waals surface area contributed by atoms with Gasteiger partial charge in [-0.1, -0.05) is 11.6 Å². The number of aliphatic hydroxyl groups is 1. The van der Waals surface area contributed by atoms with Crippen molar-refractivity contribution in [2.45, 2.75) is 6.10 Å². The third kappa shape index (κ3) is 2.00. The number of hydrogen-bond donors (Lipinski definition) is 1. The van der Waals surface area contributed by atoms with E-state index in [0.717, 1.165) is 0 Å². The second kappa shape index (κ2) is 4.00. The minimum atomic E-state index is -0.773. The SMILES string of the molecule is Cn1ccnc1C(O)c1ccnc(Cl)c1. The zero-order valence-electron chi connectivity index (χ0n) is 8.13. The molecule has 1 unspecified atom stereocenters. The molecule has 5 heteroatoms. The number of aromatic nitrogens is 3. The fourth-order valence-electron chi connectivity index (χ4n) is 1.38. The first-order chi connectivity index (χ1) is 7.18. The highest BCUT2D eigenvalue weighted by Gasteiger charge is 2.14. The molecule has 0 bridgehead atoms. The minimum absolute atomic E-state index is 0.362. The lowest BCUT2D eigenvalue weighted by atomic mass is 10.1. The molecule has 15 heavy (non-hydrogen) atoms. The summed E-state index contributed by atoms with van der Waals surface area (Å²) in [7, 11) is 1.83. The Bertz CT molecular complexity index is 469. The van der Waals surface area contributed by atoms with Gasteiger partial charge in [-0.15, -0.1) is 0 Å². The lowest BCUT2D eigenvalue weighted by molar-refractivity contribution is 0.206. The summed E-state index contributed by atoms with van der Waals surface area (Å²) in [6, 6.07) is 3.34. The Morgan fingerprint density at radius 2 is 2.20 bits per heavy atom. The molecule has 0 saturated carbocycles. The van der Waals surface area contributed by atoms with Gasteiger partial charge in [-0.2, -0.15) is 0 Å². The zero-order valence-corrected chi connectivity index (χ0v) is 8.89. The van der Waals surface area contributed by atoms with E-state index in [-0.39, 0.29) is 0 Å². The normalized spacial score (nSPS) is 12.7. The molecule has 0 aromatic carbocycles. The Hall–Kier alpha value is -1.39. The quantitative estimate of drug-likeness (QED) is 0.786. The van der Waals surface area contributed by atoms with Gasteiger partial charge < -0.3 is 9.67 Å². The Morgan fingerprint density at radius 1 is 1.40 bits per heavy atom. The van der Waals surface area contributed by atoms with E-state index in [1.165, 1.54) is 0 Å². The van der Waals surface area contributed by atoms with Crippen LogP contribution in [0.5, 0.6) is 0 Å². The first-order valence-corrected chi connectivity index (χ1v) is 4.83. The summed E-state index contributed by atoms with van der Waals surface area (Å²) in [5.41, 5.74) is 0.685. The molecular weight excluding hydrogens is 214 g/mol. The standard InChI is InChI=1S/C10H10ClN3O/c1-14-5-4-13-10(14)9(15)7-2-3-12-8(11)6-7/h2-6,9,15H,1H3. The molecule has 2 rings (SSSR count). The summed E-state index contributed by atoms with van der Waals surface area (Å²) in [4.78, 5) is 7.92. The smallest absolute Gasteiger partial charge is 0.142 e. The van der Waals surface area contributed by atoms with E-state index in [9.17, 15) is 5.11 Å². The van der Waals surface area contributed by atoms with Gasteiger partial charge in [0, 0.05) is 25.6 Å². The minimum Gasteiger partial charge on any atom is -0.380 e. The maximum absolute atomic E-state index is 10.0. The zero-order chi connectivity index (χ0) is 10.8. The van der Waals surface area contributed by atoms with Gasteiger partial charge in [0.1, 0.15) is 17.1 Å². The lowest BCUT2D eigenvalue weighted by Gasteiger charge is -2.10. The predicted octanol–water partition coefficient (Wildman–Crippen LogP) is 1.55. The van der Waals surface area contributed by atoms with Crippen LogP contribution in [0.2, 0.25) is 5.15 Å². The van der Waals surface area contributed by atoms with Crippen LogP contribution in [0.15, 0.2) is 30.7 Å². The fraction of sp³-hybridized carbons (Fsp3) is 0.200. The molecule has 0 amide bonds. The molecule has 0 fully saturated rings. The second-order valence-electron chi connectivity index (χ2n) is 3.21. The second-order valence-corrected chi connectivity index (χ2v) is 3.60. The summed E-state index contributed by atoms with van der Waals surface area (Å²) in [5.74, 6) is 0.581. The monoisotopic (exact) mass is 223 g/mol. The Morgan fingerprint density at radius 3 is 2.80 bits per heavy atom. The summed E-state index contributed by atoms with van der Waals surface area (Å²) in [6.07, 6.45) is 4.21. The van der Waals surface area contributed by atoms with E-state index in [1.54, 1.807) is 35.3 Å². The number of aryl methyl sites for hydroxylation is 1. The third-order valence-corrected chi connectivity index (χ3v) is 2.38. The molecular formula is C10H10ClN3O. The molecule has 2 heterocycles. The van der Waals surface area contributed by atoms with Gasteiger partial charge in [-0.05, 0) is 17.7 Å². The van der Waals surface area contributed by atoms with Gasteiger partial charge in [0.15, 0.2) is 0 Å². The lowest BCUT2D eigenvalue weighted by Crippen LogP contribution is -2.06. The summed E-state index contributed by atoms with van der Waals surface area (Å²) in [6.45, 7) is 0. The number of nitrogens with zero attached hydrogens (tertiary/aromatic N) is 3. The van der Waals surface area contributed by atoms with E-state index in [4.69, 9.17) is 11.6 Å². The third-order valence-electron chi connectivity index (χ3n) is 2.17. The number of imidazole rings is 1. The Labute approximate surface area is 92.2 Å². The maximum Gasteiger partial charge on any atom is 0.142 e. The predicted molar refractivity (Wildman–Crippen MR) is 56.5 cm³/mol. The molecule has 0 aliphatic rings. The van der Waals surface area contributed by atoms with Crippen molar-refractivity contribution in [2.24, 2.45) is 7.05 Å². The average molecular weight is 224 g/mol. The molecule has 0 saturated heterocycles.